The van der Waals surface area contributed by atoms with Gasteiger partial charge in [-0.2, -0.15) is 0 Å². The summed E-state index contributed by atoms with van der Waals surface area (Å²) in [6.07, 6.45) is 1.55. The first kappa shape index (κ1) is 17.8. The highest BCUT2D eigenvalue weighted by atomic mass is 32.1. The molecular weight excluding hydrogens is 338 g/mol. The van der Waals surface area contributed by atoms with Crippen LogP contribution in [0.15, 0.2) is 29.6 Å². The Morgan fingerprint density at radius 1 is 1.32 bits per heavy atom. The maximum Gasteiger partial charge on any atom is 0.320 e. The molecule has 2 atom stereocenters. The van der Waals surface area contributed by atoms with Gasteiger partial charge in [-0.05, 0) is 55.0 Å². The molecule has 5 nitrogen and oxygen atoms in total. The maximum atomic E-state index is 11.8. The third-order valence-corrected chi connectivity index (χ3v) is 5.86. The van der Waals surface area contributed by atoms with Gasteiger partial charge in [0.25, 0.3) is 0 Å². The summed E-state index contributed by atoms with van der Waals surface area (Å²) < 4.78 is 11.0. The Morgan fingerprint density at radius 2 is 2.12 bits per heavy atom. The molecule has 0 bridgehead atoms. The average molecular weight is 361 g/mol. The summed E-state index contributed by atoms with van der Waals surface area (Å²) >= 11 is 1.65. The van der Waals surface area contributed by atoms with E-state index in [1.807, 2.05) is 18.2 Å². The van der Waals surface area contributed by atoms with Gasteiger partial charge in [0.2, 0.25) is 0 Å². The SMILES string of the molecule is COc1ccc(OC)c(C(c2sccc2C)N2CCCC2C(=O)O)c1. The fourth-order valence-electron chi connectivity index (χ4n) is 3.55. The first-order valence-electron chi connectivity index (χ1n) is 8.31. The quantitative estimate of drug-likeness (QED) is 0.850. The molecule has 134 valence electrons. The van der Waals surface area contributed by atoms with Gasteiger partial charge in [-0.3, -0.25) is 9.69 Å². The molecule has 0 spiro atoms. The van der Waals surface area contributed by atoms with E-state index in [0.717, 1.165) is 40.5 Å². The summed E-state index contributed by atoms with van der Waals surface area (Å²) in [7, 11) is 3.27. The minimum atomic E-state index is -0.765. The second-order valence-corrected chi connectivity index (χ2v) is 7.16. The number of carboxylic acid groups (broad SMARTS) is 1. The Kier molecular flexibility index (Phi) is 5.30. The van der Waals surface area contributed by atoms with Crippen LogP contribution in [-0.4, -0.2) is 42.8 Å². The van der Waals surface area contributed by atoms with Crippen molar-refractivity contribution in [2.75, 3.05) is 20.8 Å². The van der Waals surface area contributed by atoms with Gasteiger partial charge in [-0.25, -0.2) is 0 Å². The van der Waals surface area contributed by atoms with Crippen LogP contribution in [0.2, 0.25) is 0 Å². The Morgan fingerprint density at radius 3 is 2.72 bits per heavy atom. The predicted molar refractivity (Wildman–Crippen MR) is 97.8 cm³/mol. The normalized spacial score (nSPS) is 18.9. The van der Waals surface area contributed by atoms with Gasteiger partial charge >= 0.3 is 5.97 Å². The highest BCUT2D eigenvalue weighted by Crippen LogP contribution is 2.43. The first-order valence-corrected chi connectivity index (χ1v) is 9.19. The van der Waals surface area contributed by atoms with Crippen LogP contribution in [-0.2, 0) is 4.79 Å². The van der Waals surface area contributed by atoms with E-state index in [1.54, 1.807) is 25.6 Å². The van der Waals surface area contributed by atoms with E-state index in [4.69, 9.17) is 9.47 Å². The number of likely N-dealkylation sites (tertiary alicyclic amines) is 1. The molecule has 2 heterocycles. The van der Waals surface area contributed by atoms with Crippen molar-refractivity contribution in [1.82, 2.24) is 4.90 Å². The molecule has 6 heteroatoms. The zero-order valence-electron chi connectivity index (χ0n) is 14.7. The monoisotopic (exact) mass is 361 g/mol. The molecule has 1 aliphatic rings. The molecule has 0 amide bonds. The Balaban J connectivity index is 2.16. The van der Waals surface area contributed by atoms with Crippen molar-refractivity contribution in [2.45, 2.75) is 31.8 Å². The fraction of sp³-hybridized carbons (Fsp3) is 0.421. The molecule has 0 radical (unpaired) electrons. The number of ether oxygens (including phenoxy) is 2. The topological polar surface area (TPSA) is 59.0 Å². The van der Waals surface area contributed by atoms with Crippen LogP contribution in [0.3, 0.4) is 0 Å². The number of methoxy groups -OCH3 is 2. The average Bonchev–Trinajstić information content (AvgIpc) is 3.25. The largest absolute Gasteiger partial charge is 0.497 e. The van der Waals surface area contributed by atoms with E-state index in [9.17, 15) is 9.90 Å². The standard InChI is InChI=1S/C19H23NO4S/c1-12-8-10-25-18(12)17(20-9-4-5-15(20)19(21)22)14-11-13(23-2)6-7-16(14)24-3/h6-8,10-11,15,17H,4-5,9H2,1-3H3,(H,21,22). The second-order valence-electron chi connectivity index (χ2n) is 6.21. The highest BCUT2D eigenvalue weighted by Gasteiger charge is 2.39. The predicted octanol–water partition coefficient (Wildman–Crippen LogP) is 3.71. The van der Waals surface area contributed by atoms with Crippen LogP contribution < -0.4 is 9.47 Å². The van der Waals surface area contributed by atoms with Crippen molar-refractivity contribution in [3.8, 4) is 11.5 Å². The van der Waals surface area contributed by atoms with E-state index in [0.29, 0.717) is 6.42 Å². The first-order chi connectivity index (χ1) is 12.1. The molecule has 0 aliphatic carbocycles. The van der Waals surface area contributed by atoms with E-state index in [2.05, 4.69) is 23.3 Å². The lowest BCUT2D eigenvalue weighted by atomic mass is 9.98. The molecule has 1 aliphatic heterocycles. The summed E-state index contributed by atoms with van der Waals surface area (Å²) in [5.41, 5.74) is 2.11. The molecule has 1 aromatic heterocycles. The number of carboxylic acids is 1. The molecule has 1 fully saturated rings. The van der Waals surface area contributed by atoms with E-state index in [1.165, 1.54) is 0 Å². The van der Waals surface area contributed by atoms with Gasteiger partial charge in [-0.1, -0.05) is 0 Å². The third-order valence-electron chi connectivity index (χ3n) is 4.79. The van der Waals surface area contributed by atoms with Crippen LogP contribution in [0, 0.1) is 6.92 Å². The number of nitrogens with zero attached hydrogens (tertiary/aromatic N) is 1. The number of aliphatic carboxylic acids is 1. The number of aryl methyl sites for hydroxylation is 1. The summed E-state index contributed by atoms with van der Waals surface area (Å²) in [6, 6.07) is 7.14. The van der Waals surface area contributed by atoms with Crippen molar-refractivity contribution < 1.29 is 19.4 Å². The van der Waals surface area contributed by atoms with Crippen molar-refractivity contribution in [3.05, 3.63) is 45.6 Å². The van der Waals surface area contributed by atoms with Crippen molar-refractivity contribution in [2.24, 2.45) is 0 Å². The number of hydrogen-bond donors (Lipinski definition) is 1. The lowest BCUT2D eigenvalue weighted by molar-refractivity contribution is -0.142. The lowest BCUT2D eigenvalue weighted by Gasteiger charge is -2.32. The molecule has 25 heavy (non-hydrogen) atoms. The number of carbonyl (C=O) groups is 1. The molecule has 2 unspecified atom stereocenters. The van der Waals surface area contributed by atoms with Crippen LogP contribution in [0.5, 0.6) is 11.5 Å². The van der Waals surface area contributed by atoms with Gasteiger partial charge in [0.1, 0.15) is 17.5 Å². The van der Waals surface area contributed by atoms with Gasteiger partial charge in [0.15, 0.2) is 0 Å². The van der Waals surface area contributed by atoms with E-state index >= 15 is 0 Å². The molecular formula is C19H23NO4S. The maximum absolute atomic E-state index is 11.8. The Bertz CT molecular complexity index is 758. The van der Waals surface area contributed by atoms with Crippen LogP contribution in [0.1, 0.15) is 34.9 Å². The zero-order valence-corrected chi connectivity index (χ0v) is 15.5. The number of benzene rings is 1. The molecule has 1 aromatic carbocycles. The number of hydrogen-bond acceptors (Lipinski definition) is 5. The summed E-state index contributed by atoms with van der Waals surface area (Å²) in [5, 5.41) is 11.7. The number of thiophene rings is 1. The van der Waals surface area contributed by atoms with Crippen LogP contribution in [0.4, 0.5) is 0 Å². The van der Waals surface area contributed by atoms with Crippen molar-refractivity contribution >= 4 is 17.3 Å². The summed E-state index contributed by atoms with van der Waals surface area (Å²) in [6.45, 7) is 2.82. The Hall–Kier alpha value is -2.05. The highest BCUT2D eigenvalue weighted by molar-refractivity contribution is 7.10. The Labute approximate surface area is 151 Å². The molecule has 3 rings (SSSR count). The molecule has 1 saturated heterocycles. The lowest BCUT2D eigenvalue weighted by Crippen LogP contribution is -2.39. The summed E-state index contributed by atoms with van der Waals surface area (Å²) in [4.78, 5) is 15.0. The van der Waals surface area contributed by atoms with Crippen LogP contribution >= 0.6 is 11.3 Å². The molecule has 1 N–H and O–H groups in total. The number of rotatable bonds is 6. The minimum Gasteiger partial charge on any atom is -0.497 e. The third kappa shape index (κ3) is 3.37. The van der Waals surface area contributed by atoms with E-state index < -0.39 is 12.0 Å². The van der Waals surface area contributed by atoms with Gasteiger partial charge in [0, 0.05) is 17.0 Å². The van der Waals surface area contributed by atoms with Gasteiger partial charge in [-0.15, -0.1) is 11.3 Å². The molecule has 0 saturated carbocycles. The van der Waals surface area contributed by atoms with Crippen molar-refractivity contribution in [3.63, 3.8) is 0 Å². The smallest absolute Gasteiger partial charge is 0.320 e. The molecule has 2 aromatic rings. The van der Waals surface area contributed by atoms with Crippen molar-refractivity contribution in [1.29, 1.82) is 0 Å². The van der Waals surface area contributed by atoms with E-state index in [-0.39, 0.29) is 6.04 Å². The van der Waals surface area contributed by atoms with Gasteiger partial charge in [0.05, 0.1) is 20.3 Å². The summed E-state index contributed by atoms with van der Waals surface area (Å²) in [5.74, 6) is 0.717. The minimum absolute atomic E-state index is 0.159. The van der Waals surface area contributed by atoms with Gasteiger partial charge < -0.3 is 14.6 Å². The second kappa shape index (κ2) is 7.45. The van der Waals surface area contributed by atoms with Crippen LogP contribution in [0.25, 0.3) is 0 Å². The zero-order chi connectivity index (χ0) is 18.0. The fourth-order valence-corrected chi connectivity index (χ4v) is 4.62.